The van der Waals surface area contributed by atoms with Crippen LogP contribution in [0.4, 0.5) is 0 Å². The minimum Gasteiger partial charge on any atom is -0.508 e. The average Bonchev–Trinajstić information content (AvgIpc) is 2.80. The highest BCUT2D eigenvalue weighted by Crippen LogP contribution is 2.59. The zero-order valence-electron chi connectivity index (χ0n) is 18.1. The van der Waals surface area contributed by atoms with Gasteiger partial charge in [0.1, 0.15) is 11.4 Å². The van der Waals surface area contributed by atoms with Crippen LogP contribution in [0.5, 0.6) is 5.75 Å². The molecular formula is C29H30O2. The maximum absolute atomic E-state index is 12.2. The van der Waals surface area contributed by atoms with E-state index in [-0.39, 0.29) is 5.41 Å². The molecule has 0 aliphatic heterocycles. The first-order chi connectivity index (χ1) is 15.0. The molecule has 2 N–H and O–H groups in total. The molecule has 1 fully saturated rings. The second-order valence-corrected chi connectivity index (χ2v) is 9.27. The highest BCUT2D eigenvalue weighted by molar-refractivity contribution is 5.59. The Kier molecular flexibility index (Phi) is 4.98. The van der Waals surface area contributed by atoms with Crippen LogP contribution >= 0.6 is 0 Å². The molecule has 3 aromatic carbocycles. The fourth-order valence-corrected chi connectivity index (χ4v) is 6.15. The van der Waals surface area contributed by atoms with Crippen LogP contribution in [0.25, 0.3) is 6.08 Å². The van der Waals surface area contributed by atoms with Gasteiger partial charge >= 0.3 is 0 Å². The topological polar surface area (TPSA) is 40.5 Å². The van der Waals surface area contributed by atoms with Gasteiger partial charge in [-0.3, -0.25) is 0 Å². The number of rotatable bonds is 3. The Labute approximate surface area is 184 Å². The lowest BCUT2D eigenvalue weighted by Crippen LogP contribution is -2.50. The summed E-state index contributed by atoms with van der Waals surface area (Å²) in [5.74, 6) is 0.743. The normalized spacial score (nSPS) is 28.7. The maximum atomic E-state index is 12.2. The van der Waals surface area contributed by atoms with Crippen LogP contribution in [0.3, 0.4) is 0 Å². The third-order valence-corrected chi connectivity index (χ3v) is 7.77. The van der Waals surface area contributed by atoms with Crippen molar-refractivity contribution >= 4 is 6.08 Å². The van der Waals surface area contributed by atoms with Crippen LogP contribution in [0.1, 0.15) is 54.9 Å². The lowest BCUT2D eigenvalue weighted by atomic mass is 9.51. The summed E-state index contributed by atoms with van der Waals surface area (Å²) in [5, 5.41) is 22.3. The number of hydrogen-bond acceptors (Lipinski definition) is 2. The van der Waals surface area contributed by atoms with Crippen molar-refractivity contribution in [3.05, 3.63) is 107 Å². The van der Waals surface area contributed by atoms with Crippen molar-refractivity contribution in [2.75, 3.05) is 0 Å². The molecule has 1 saturated carbocycles. The monoisotopic (exact) mass is 410 g/mol. The van der Waals surface area contributed by atoms with E-state index in [2.05, 4.69) is 43.3 Å². The van der Waals surface area contributed by atoms with Gasteiger partial charge in [0.05, 0.1) is 0 Å². The predicted octanol–water partition coefficient (Wildman–Crippen LogP) is 6.37. The molecular weight excluding hydrogens is 380 g/mol. The second kappa shape index (κ2) is 7.69. The van der Waals surface area contributed by atoms with Gasteiger partial charge in [-0.2, -0.15) is 0 Å². The third kappa shape index (κ3) is 3.30. The van der Waals surface area contributed by atoms with Gasteiger partial charge in [0.25, 0.3) is 0 Å². The number of phenols is 1. The Morgan fingerprint density at radius 2 is 1.68 bits per heavy atom. The van der Waals surface area contributed by atoms with Crippen LogP contribution in [0, 0.1) is 5.92 Å². The summed E-state index contributed by atoms with van der Waals surface area (Å²) >= 11 is 0. The van der Waals surface area contributed by atoms with Crippen molar-refractivity contribution in [3.8, 4) is 5.75 Å². The van der Waals surface area contributed by atoms with Crippen molar-refractivity contribution in [3.63, 3.8) is 0 Å². The van der Waals surface area contributed by atoms with Gasteiger partial charge in [0.15, 0.2) is 0 Å². The summed E-state index contributed by atoms with van der Waals surface area (Å²) in [6, 6.07) is 26.4. The third-order valence-electron chi connectivity index (χ3n) is 7.77. The highest BCUT2D eigenvalue weighted by Gasteiger charge is 2.53. The molecule has 3 aromatic rings. The van der Waals surface area contributed by atoms with Gasteiger partial charge in [-0.15, -0.1) is 0 Å². The van der Waals surface area contributed by atoms with Gasteiger partial charge in [0, 0.05) is 5.41 Å². The van der Waals surface area contributed by atoms with Crippen LogP contribution < -0.4 is 0 Å². The molecule has 0 radical (unpaired) electrons. The molecule has 2 nitrogen and oxygen atoms in total. The minimum atomic E-state index is -0.963. The Balaban J connectivity index is 1.68. The number of benzene rings is 3. The molecule has 31 heavy (non-hydrogen) atoms. The van der Waals surface area contributed by atoms with E-state index in [0.29, 0.717) is 11.7 Å². The summed E-state index contributed by atoms with van der Waals surface area (Å²) < 4.78 is 0. The lowest BCUT2D eigenvalue weighted by Gasteiger charge is -2.54. The first-order valence-electron chi connectivity index (χ1n) is 11.4. The molecule has 0 aromatic heterocycles. The molecule has 0 heterocycles. The smallest absolute Gasteiger partial charge is 0.115 e. The van der Waals surface area contributed by atoms with Crippen molar-refractivity contribution in [2.24, 2.45) is 5.92 Å². The SMILES string of the molecule is CC[C@@]12C/C(=C\c3ccccc3)[C@](O)(c3ccccc3)C[C@H]1CCc1cc(O)ccc12. The standard InChI is InChI=1S/C29H30O2/c1-2-28-19-25(17-21-9-5-3-6-10-21)29(31,23-11-7-4-8-12-23)20-24(28)14-13-22-18-26(30)15-16-27(22)28/h3-12,15-18,24,30-31H,2,13-14,19-20H2,1H3/b25-17+/t24-,28-,29-/m1/s1. The van der Waals surface area contributed by atoms with Gasteiger partial charge in [-0.05, 0) is 78.0 Å². The van der Waals surface area contributed by atoms with Crippen molar-refractivity contribution < 1.29 is 10.2 Å². The molecule has 158 valence electrons. The van der Waals surface area contributed by atoms with E-state index < -0.39 is 5.60 Å². The molecule has 0 unspecified atom stereocenters. The van der Waals surface area contributed by atoms with Gasteiger partial charge < -0.3 is 10.2 Å². The number of aromatic hydroxyl groups is 1. The Morgan fingerprint density at radius 3 is 2.39 bits per heavy atom. The molecule has 2 aliphatic rings. The summed E-state index contributed by atoms with van der Waals surface area (Å²) in [7, 11) is 0. The van der Waals surface area contributed by atoms with E-state index in [4.69, 9.17) is 0 Å². The van der Waals surface area contributed by atoms with Crippen LogP contribution in [0.2, 0.25) is 0 Å². The molecule has 0 saturated heterocycles. The second-order valence-electron chi connectivity index (χ2n) is 9.27. The van der Waals surface area contributed by atoms with Crippen molar-refractivity contribution in [1.82, 2.24) is 0 Å². The van der Waals surface area contributed by atoms with E-state index in [9.17, 15) is 10.2 Å². The van der Waals surface area contributed by atoms with Crippen LogP contribution in [-0.2, 0) is 17.4 Å². The summed E-state index contributed by atoms with van der Waals surface area (Å²) in [5.41, 5.74) is 4.85. The van der Waals surface area contributed by atoms with Crippen molar-refractivity contribution in [2.45, 2.75) is 50.0 Å². The Bertz CT molecular complexity index is 1100. The Morgan fingerprint density at radius 1 is 0.968 bits per heavy atom. The van der Waals surface area contributed by atoms with Crippen LogP contribution in [-0.4, -0.2) is 10.2 Å². The minimum absolute atomic E-state index is 0.0110. The summed E-state index contributed by atoms with van der Waals surface area (Å²) in [6.45, 7) is 2.28. The lowest BCUT2D eigenvalue weighted by molar-refractivity contribution is -0.00856. The number of hydrogen-bond donors (Lipinski definition) is 2. The first-order valence-corrected chi connectivity index (χ1v) is 11.4. The summed E-state index contributed by atoms with van der Waals surface area (Å²) in [4.78, 5) is 0. The van der Waals surface area contributed by atoms with E-state index >= 15 is 0 Å². The van der Waals surface area contributed by atoms with E-state index in [1.165, 1.54) is 11.1 Å². The largest absolute Gasteiger partial charge is 0.508 e. The number of aryl methyl sites for hydroxylation is 1. The first kappa shape index (κ1) is 20.1. The van der Waals surface area contributed by atoms with Gasteiger partial charge in [-0.1, -0.05) is 79.7 Å². The quantitative estimate of drug-likeness (QED) is 0.527. The maximum Gasteiger partial charge on any atom is 0.115 e. The summed E-state index contributed by atoms with van der Waals surface area (Å²) in [6.07, 6.45) is 6.77. The van der Waals surface area contributed by atoms with Crippen molar-refractivity contribution in [1.29, 1.82) is 0 Å². The zero-order valence-corrected chi connectivity index (χ0v) is 18.1. The fourth-order valence-electron chi connectivity index (χ4n) is 6.15. The number of fused-ring (bicyclic) bond motifs is 3. The molecule has 5 rings (SSSR count). The number of aliphatic hydroxyl groups is 1. The molecule has 3 atom stereocenters. The van der Waals surface area contributed by atoms with E-state index in [1.54, 1.807) is 0 Å². The predicted molar refractivity (Wildman–Crippen MR) is 126 cm³/mol. The molecule has 2 aliphatic carbocycles. The highest BCUT2D eigenvalue weighted by atomic mass is 16.3. The zero-order chi connectivity index (χ0) is 21.5. The molecule has 0 spiro atoms. The van der Waals surface area contributed by atoms with Gasteiger partial charge in [-0.25, -0.2) is 0 Å². The van der Waals surface area contributed by atoms with E-state index in [1.807, 2.05) is 48.5 Å². The van der Waals surface area contributed by atoms with Gasteiger partial charge in [0.2, 0.25) is 0 Å². The Hall–Kier alpha value is -2.84. The number of phenolic OH excluding ortho intramolecular Hbond substituents is 1. The molecule has 2 heteroatoms. The molecule has 0 bridgehead atoms. The molecule has 0 amide bonds. The fraction of sp³-hybridized carbons (Fsp3) is 0.310. The average molecular weight is 411 g/mol. The van der Waals surface area contributed by atoms with Crippen LogP contribution in [0.15, 0.2) is 84.4 Å². The van der Waals surface area contributed by atoms with E-state index in [0.717, 1.165) is 48.8 Å².